The highest BCUT2D eigenvalue weighted by atomic mass is 16.5. The highest BCUT2D eigenvalue weighted by Crippen LogP contribution is 2.26. The maximum atomic E-state index is 12.2. The second-order valence-electron chi connectivity index (χ2n) is 6.14. The molecule has 1 fully saturated rings. The molecular weight excluding hydrogens is 266 g/mol. The van der Waals surface area contributed by atoms with Crippen molar-refractivity contribution in [2.75, 3.05) is 20.2 Å². The van der Waals surface area contributed by atoms with Crippen LogP contribution in [0.15, 0.2) is 23.0 Å². The molecule has 0 aliphatic carbocycles. The van der Waals surface area contributed by atoms with Crippen LogP contribution in [0.5, 0.6) is 5.75 Å². The smallest absolute Gasteiger partial charge is 0.326 e. The monoisotopic (exact) mass is 289 g/mol. The molecule has 1 N–H and O–H groups in total. The molecule has 5 nitrogen and oxygen atoms in total. The van der Waals surface area contributed by atoms with Crippen LogP contribution < -0.4 is 10.4 Å². The fraction of sp³-hybridized carbons (Fsp3) is 0.562. The van der Waals surface area contributed by atoms with Gasteiger partial charge in [-0.15, -0.1) is 0 Å². The van der Waals surface area contributed by atoms with Crippen molar-refractivity contribution in [2.45, 2.75) is 32.9 Å². The molecule has 3 rings (SSSR count). The van der Waals surface area contributed by atoms with Gasteiger partial charge in [-0.2, -0.15) is 0 Å². The molecule has 1 unspecified atom stereocenters. The number of para-hydroxylation sites is 1. The fourth-order valence-electron chi connectivity index (χ4n) is 3.26. The van der Waals surface area contributed by atoms with Crippen molar-refractivity contribution in [3.8, 4) is 5.75 Å². The highest BCUT2D eigenvalue weighted by molar-refractivity contribution is 5.81. The topological polar surface area (TPSA) is 50.3 Å². The second-order valence-corrected chi connectivity index (χ2v) is 6.14. The molecule has 21 heavy (non-hydrogen) atoms. The van der Waals surface area contributed by atoms with Crippen LogP contribution in [0.1, 0.15) is 20.3 Å². The summed E-state index contributed by atoms with van der Waals surface area (Å²) < 4.78 is 7.25. The molecule has 1 saturated heterocycles. The molecule has 114 valence electrons. The van der Waals surface area contributed by atoms with E-state index in [1.54, 1.807) is 7.11 Å². The van der Waals surface area contributed by atoms with Crippen molar-refractivity contribution in [3.05, 3.63) is 28.7 Å². The van der Waals surface area contributed by atoms with E-state index < -0.39 is 0 Å². The zero-order valence-electron chi connectivity index (χ0n) is 12.9. The third kappa shape index (κ3) is 2.58. The Morgan fingerprint density at radius 3 is 2.90 bits per heavy atom. The Labute approximate surface area is 124 Å². The molecule has 0 spiro atoms. The van der Waals surface area contributed by atoms with Crippen molar-refractivity contribution in [2.24, 2.45) is 5.92 Å². The zero-order chi connectivity index (χ0) is 15.0. The summed E-state index contributed by atoms with van der Waals surface area (Å²) in [5, 5.41) is 0. The van der Waals surface area contributed by atoms with E-state index in [-0.39, 0.29) is 5.69 Å². The van der Waals surface area contributed by atoms with Gasteiger partial charge in [0.25, 0.3) is 0 Å². The van der Waals surface area contributed by atoms with Gasteiger partial charge in [-0.05, 0) is 44.9 Å². The molecule has 2 heterocycles. The predicted octanol–water partition coefficient (Wildman–Crippen LogP) is 2.07. The molecule has 0 amide bonds. The lowest BCUT2D eigenvalue weighted by Gasteiger charge is -2.20. The van der Waals surface area contributed by atoms with Crippen LogP contribution in [0.25, 0.3) is 11.0 Å². The van der Waals surface area contributed by atoms with E-state index in [1.807, 2.05) is 22.8 Å². The number of likely N-dealkylation sites (tertiary alicyclic amines) is 1. The summed E-state index contributed by atoms with van der Waals surface area (Å²) >= 11 is 0. The first-order valence-electron chi connectivity index (χ1n) is 7.59. The summed E-state index contributed by atoms with van der Waals surface area (Å²) in [4.78, 5) is 17.6. The number of nitrogens with one attached hydrogen (secondary N) is 1. The van der Waals surface area contributed by atoms with Crippen LogP contribution in [0, 0.1) is 5.92 Å². The van der Waals surface area contributed by atoms with Crippen LogP contribution >= 0.6 is 0 Å². The Bertz CT molecular complexity index is 686. The quantitative estimate of drug-likeness (QED) is 0.937. The van der Waals surface area contributed by atoms with E-state index in [0.717, 1.165) is 42.8 Å². The van der Waals surface area contributed by atoms with Crippen molar-refractivity contribution in [3.63, 3.8) is 0 Å². The molecule has 0 radical (unpaired) electrons. The average Bonchev–Trinajstić information content (AvgIpc) is 3.04. The summed E-state index contributed by atoms with van der Waals surface area (Å²) in [6, 6.07) is 6.30. The Morgan fingerprint density at radius 1 is 1.43 bits per heavy atom. The van der Waals surface area contributed by atoms with Gasteiger partial charge in [0.2, 0.25) is 0 Å². The Hall–Kier alpha value is -1.75. The van der Waals surface area contributed by atoms with Crippen LogP contribution in [-0.2, 0) is 6.54 Å². The number of hydrogen-bond acceptors (Lipinski definition) is 3. The normalized spacial score (nSPS) is 19.7. The molecule has 5 heteroatoms. The molecule has 2 aromatic rings. The largest absolute Gasteiger partial charge is 0.494 e. The van der Waals surface area contributed by atoms with Crippen LogP contribution in [-0.4, -0.2) is 40.7 Å². The first-order valence-corrected chi connectivity index (χ1v) is 7.59. The fourth-order valence-corrected chi connectivity index (χ4v) is 3.26. The number of rotatable bonds is 4. The lowest BCUT2D eigenvalue weighted by atomic mass is 10.1. The van der Waals surface area contributed by atoms with Crippen LogP contribution in [0.4, 0.5) is 0 Å². The standard InChI is InChI=1S/C16H23N3O2/c1-11(2)18-8-7-12(9-18)10-19-15-13(17-16(19)20)5-4-6-14(15)21-3/h4-6,11-12H,7-10H2,1-3H3,(H,17,20). The van der Waals surface area contributed by atoms with E-state index in [1.165, 1.54) is 0 Å². The van der Waals surface area contributed by atoms with Crippen LogP contribution in [0.3, 0.4) is 0 Å². The van der Waals surface area contributed by atoms with E-state index in [2.05, 4.69) is 23.7 Å². The van der Waals surface area contributed by atoms with Crippen molar-refractivity contribution in [1.29, 1.82) is 0 Å². The number of hydrogen-bond donors (Lipinski definition) is 1. The lowest BCUT2D eigenvalue weighted by molar-refractivity contribution is 0.260. The number of aromatic nitrogens is 2. The third-order valence-electron chi connectivity index (χ3n) is 4.46. The molecule has 1 aliphatic rings. The van der Waals surface area contributed by atoms with E-state index in [9.17, 15) is 4.79 Å². The molecule has 0 bridgehead atoms. The van der Waals surface area contributed by atoms with Gasteiger partial charge >= 0.3 is 5.69 Å². The van der Waals surface area contributed by atoms with Crippen molar-refractivity contribution in [1.82, 2.24) is 14.5 Å². The van der Waals surface area contributed by atoms with E-state index >= 15 is 0 Å². The summed E-state index contributed by atoms with van der Waals surface area (Å²) in [7, 11) is 1.65. The maximum absolute atomic E-state index is 12.2. The van der Waals surface area contributed by atoms with Gasteiger partial charge in [-0.25, -0.2) is 4.79 Å². The van der Waals surface area contributed by atoms with E-state index in [0.29, 0.717) is 12.0 Å². The summed E-state index contributed by atoms with van der Waals surface area (Å²) in [5.41, 5.74) is 1.68. The number of aromatic amines is 1. The number of fused-ring (bicyclic) bond motifs is 1. The number of H-pyrrole nitrogens is 1. The summed E-state index contributed by atoms with van der Waals surface area (Å²) in [5.74, 6) is 1.28. The van der Waals surface area contributed by atoms with Crippen molar-refractivity contribution >= 4 is 11.0 Å². The maximum Gasteiger partial charge on any atom is 0.326 e. The minimum atomic E-state index is -0.0440. The molecular formula is C16H23N3O2. The SMILES string of the molecule is COc1cccc2[nH]c(=O)n(CC3CCN(C(C)C)C3)c12. The van der Waals surface area contributed by atoms with Gasteiger partial charge in [-0.1, -0.05) is 6.07 Å². The first-order chi connectivity index (χ1) is 10.1. The van der Waals surface area contributed by atoms with Gasteiger partial charge in [0.15, 0.2) is 0 Å². The minimum absolute atomic E-state index is 0.0440. The number of imidazole rings is 1. The van der Waals surface area contributed by atoms with E-state index in [4.69, 9.17) is 4.74 Å². The van der Waals surface area contributed by atoms with Crippen molar-refractivity contribution < 1.29 is 4.74 Å². The summed E-state index contributed by atoms with van der Waals surface area (Å²) in [6.07, 6.45) is 1.15. The minimum Gasteiger partial charge on any atom is -0.494 e. The molecule has 1 atom stereocenters. The average molecular weight is 289 g/mol. The number of ether oxygens (including phenoxy) is 1. The Morgan fingerprint density at radius 2 is 2.24 bits per heavy atom. The number of methoxy groups -OCH3 is 1. The van der Waals surface area contributed by atoms with Gasteiger partial charge < -0.3 is 14.6 Å². The second kappa shape index (κ2) is 5.56. The van der Waals surface area contributed by atoms with Gasteiger partial charge in [0.1, 0.15) is 11.3 Å². The predicted molar refractivity (Wildman–Crippen MR) is 83.9 cm³/mol. The molecule has 0 saturated carbocycles. The van der Waals surface area contributed by atoms with Gasteiger partial charge in [0.05, 0.1) is 12.6 Å². The molecule has 1 aromatic heterocycles. The number of nitrogens with zero attached hydrogens (tertiary/aromatic N) is 2. The number of benzene rings is 1. The molecule has 1 aromatic carbocycles. The Kier molecular flexibility index (Phi) is 3.76. The van der Waals surface area contributed by atoms with Crippen LogP contribution in [0.2, 0.25) is 0 Å². The lowest BCUT2D eigenvalue weighted by Crippen LogP contribution is -2.29. The Balaban J connectivity index is 1.91. The molecule has 1 aliphatic heterocycles. The third-order valence-corrected chi connectivity index (χ3v) is 4.46. The summed E-state index contributed by atoms with van der Waals surface area (Å²) in [6.45, 7) is 7.39. The van der Waals surface area contributed by atoms with Gasteiger partial charge in [0, 0.05) is 19.1 Å². The highest BCUT2D eigenvalue weighted by Gasteiger charge is 2.25. The zero-order valence-corrected chi connectivity index (χ0v) is 12.9. The van der Waals surface area contributed by atoms with Gasteiger partial charge in [-0.3, -0.25) is 4.57 Å². The first kappa shape index (κ1) is 14.2.